The third-order valence-electron chi connectivity index (χ3n) is 3.91. The molecule has 1 atom stereocenters. The summed E-state index contributed by atoms with van der Waals surface area (Å²) in [5, 5.41) is 14.7. The third-order valence-corrected chi connectivity index (χ3v) is 3.91. The number of carbonyl (C=O) groups excluding carboxylic acids is 2. The van der Waals surface area contributed by atoms with Crippen LogP contribution in [0.5, 0.6) is 0 Å². The number of para-hydroxylation sites is 2. The third kappa shape index (κ3) is 3.77. The number of nitrogens with one attached hydrogen (secondary N) is 1. The molecule has 3 aromatic rings. The van der Waals surface area contributed by atoms with E-state index in [0.717, 1.165) is 11.8 Å². The Labute approximate surface area is 149 Å². The lowest BCUT2D eigenvalue weighted by atomic mass is 10.1. The number of fused-ring (bicyclic) bond motifs is 1. The predicted molar refractivity (Wildman–Crippen MR) is 94.1 cm³/mol. The molecular weight excluding hydrogens is 334 g/mol. The Hall–Kier alpha value is -3.48. The Bertz CT molecular complexity index is 944. The second-order valence-electron chi connectivity index (χ2n) is 5.68. The number of nitrogens with zero attached hydrogens (tertiary/aromatic N) is 2. The van der Waals surface area contributed by atoms with Crippen molar-refractivity contribution in [3.63, 3.8) is 0 Å². The van der Waals surface area contributed by atoms with Crippen LogP contribution >= 0.6 is 0 Å². The number of benzene rings is 2. The second kappa shape index (κ2) is 7.60. The molecule has 0 bridgehead atoms. The Morgan fingerprint density at radius 1 is 1.15 bits per heavy atom. The zero-order chi connectivity index (χ0) is 18.5. The molecule has 1 amide bonds. The molecule has 0 fully saturated rings. The molecule has 1 heterocycles. The van der Waals surface area contributed by atoms with Crippen LogP contribution in [0.25, 0.3) is 11.0 Å². The molecule has 0 saturated carbocycles. The summed E-state index contributed by atoms with van der Waals surface area (Å²) in [6.07, 6.45) is 1.36. The van der Waals surface area contributed by atoms with E-state index in [1.807, 2.05) is 30.3 Å². The molecule has 132 valence electrons. The molecule has 0 aliphatic heterocycles. The summed E-state index contributed by atoms with van der Waals surface area (Å²) >= 11 is 0. The van der Waals surface area contributed by atoms with Gasteiger partial charge in [-0.3, -0.25) is 4.79 Å². The fraction of sp³-hybridized carbons (Fsp3) is 0.158. The van der Waals surface area contributed by atoms with Gasteiger partial charge >= 0.3 is 5.97 Å². The molecule has 0 spiro atoms. The van der Waals surface area contributed by atoms with Crippen molar-refractivity contribution in [2.75, 3.05) is 7.11 Å². The SMILES string of the molecule is COC(=O)[C@H](Cc1ccccc1)NC(=O)c1c[n+]([O-])c2ccccc2n1. The van der Waals surface area contributed by atoms with E-state index in [9.17, 15) is 14.8 Å². The van der Waals surface area contributed by atoms with Crippen molar-refractivity contribution in [2.24, 2.45) is 0 Å². The first-order valence-corrected chi connectivity index (χ1v) is 8.00. The lowest BCUT2D eigenvalue weighted by Gasteiger charge is -2.16. The number of hydrogen-bond acceptors (Lipinski definition) is 5. The maximum absolute atomic E-state index is 12.5. The first-order chi connectivity index (χ1) is 12.6. The smallest absolute Gasteiger partial charge is 0.328 e. The van der Waals surface area contributed by atoms with Gasteiger partial charge in [0.25, 0.3) is 5.91 Å². The molecule has 26 heavy (non-hydrogen) atoms. The van der Waals surface area contributed by atoms with E-state index in [0.29, 0.717) is 15.8 Å². The zero-order valence-corrected chi connectivity index (χ0v) is 14.1. The van der Waals surface area contributed by atoms with Crippen LogP contribution in [0.2, 0.25) is 0 Å². The number of rotatable bonds is 5. The van der Waals surface area contributed by atoms with Gasteiger partial charge in [0.1, 0.15) is 11.6 Å². The lowest BCUT2D eigenvalue weighted by molar-refractivity contribution is -0.577. The fourth-order valence-corrected chi connectivity index (χ4v) is 2.61. The van der Waals surface area contributed by atoms with Crippen LogP contribution in [0.1, 0.15) is 16.1 Å². The second-order valence-corrected chi connectivity index (χ2v) is 5.68. The van der Waals surface area contributed by atoms with Crippen LogP contribution in [0, 0.1) is 5.21 Å². The fourth-order valence-electron chi connectivity index (χ4n) is 2.61. The van der Waals surface area contributed by atoms with E-state index in [-0.39, 0.29) is 12.1 Å². The van der Waals surface area contributed by atoms with Gasteiger partial charge in [-0.05, 0) is 11.6 Å². The Kier molecular flexibility index (Phi) is 5.07. The van der Waals surface area contributed by atoms with Crippen LogP contribution in [-0.4, -0.2) is 30.0 Å². The van der Waals surface area contributed by atoms with Crippen molar-refractivity contribution in [1.82, 2.24) is 10.3 Å². The van der Waals surface area contributed by atoms with Crippen molar-refractivity contribution >= 4 is 22.9 Å². The number of amides is 1. The minimum Gasteiger partial charge on any atom is -0.618 e. The molecule has 0 radical (unpaired) electrons. The maximum atomic E-state index is 12.5. The first-order valence-electron chi connectivity index (χ1n) is 8.00. The highest BCUT2D eigenvalue weighted by molar-refractivity contribution is 5.95. The normalized spacial score (nSPS) is 11.7. The minimum atomic E-state index is -0.886. The molecular formula is C19H17N3O4. The largest absolute Gasteiger partial charge is 0.618 e. The first kappa shape index (κ1) is 17.3. The molecule has 0 unspecified atom stereocenters. The molecule has 1 N–H and O–H groups in total. The van der Waals surface area contributed by atoms with E-state index < -0.39 is 17.9 Å². The summed E-state index contributed by atoms with van der Waals surface area (Å²) in [5.41, 5.74) is 1.56. The van der Waals surface area contributed by atoms with Gasteiger partial charge in [-0.15, -0.1) is 0 Å². The number of methoxy groups -OCH3 is 1. The van der Waals surface area contributed by atoms with Gasteiger partial charge in [0.15, 0.2) is 5.69 Å². The van der Waals surface area contributed by atoms with E-state index in [4.69, 9.17) is 4.74 Å². The summed E-state index contributed by atoms with van der Waals surface area (Å²) < 4.78 is 5.36. The van der Waals surface area contributed by atoms with E-state index in [1.54, 1.807) is 24.3 Å². The topological polar surface area (TPSA) is 95.2 Å². The number of hydrogen-bond donors (Lipinski definition) is 1. The molecule has 1 aromatic heterocycles. The summed E-state index contributed by atoms with van der Waals surface area (Å²) in [7, 11) is 1.26. The van der Waals surface area contributed by atoms with Gasteiger partial charge in [-0.1, -0.05) is 42.5 Å². The maximum Gasteiger partial charge on any atom is 0.328 e. The Morgan fingerprint density at radius 2 is 1.85 bits per heavy atom. The monoisotopic (exact) mass is 351 g/mol. The average Bonchev–Trinajstić information content (AvgIpc) is 2.67. The van der Waals surface area contributed by atoms with Crippen molar-refractivity contribution in [2.45, 2.75) is 12.5 Å². The van der Waals surface area contributed by atoms with Gasteiger partial charge < -0.3 is 15.3 Å². The summed E-state index contributed by atoms with van der Waals surface area (Å²) in [6, 6.07) is 15.1. The molecule has 0 aliphatic rings. The highest BCUT2D eigenvalue weighted by atomic mass is 16.5. The van der Waals surface area contributed by atoms with Crippen LogP contribution in [0.3, 0.4) is 0 Å². The van der Waals surface area contributed by atoms with Crippen LogP contribution in [-0.2, 0) is 16.0 Å². The van der Waals surface area contributed by atoms with Crippen molar-refractivity contribution in [3.8, 4) is 0 Å². The van der Waals surface area contributed by atoms with Crippen molar-refractivity contribution in [1.29, 1.82) is 0 Å². The van der Waals surface area contributed by atoms with Crippen molar-refractivity contribution in [3.05, 3.63) is 77.3 Å². The molecule has 0 aliphatic carbocycles. The molecule has 2 aromatic carbocycles. The highest BCUT2D eigenvalue weighted by Gasteiger charge is 2.24. The molecule has 0 saturated heterocycles. The summed E-state index contributed by atoms with van der Waals surface area (Å²) in [4.78, 5) is 28.8. The highest BCUT2D eigenvalue weighted by Crippen LogP contribution is 2.09. The predicted octanol–water partition coefficient (Wildman–Crippen LogP) is 1.38. The van der Waals surface area contributed by atoms with Crippen LogP contribution < -0.4 is 10.0 Å². The number of aromatic nitrogens is 2. The van der Waals surface area contributed by atoms with Crippen molar-refractivity contribution < 1.29 is 19.1 Å². The quantitative estimate of drug-likeness (QED) is 0.426. The molecule has 7 nitrogen and oxygen atoms in total. The van der Waals surface area contributed by atoms with Crippen LogP contribution in [0.4, 0.5) is 0 Å². The Morgan fingerprint density at radius 3 is 2.58 bits per heavy atom. The average molecular weight is 351 g/mol. The van der Waals surface area contributed by atoms with Gasteiger partial charge in [0, 0.05) is 12.5 Å². The zero-order valence-electron chi connectivity index (χ0n) is 14.1. The lowest BCUT2D eigenvalue weighted by Crippen LogP contribution is -2.44. The van der Waals surface area contributed by atoms with E-state index in [1.165, 1.54) is 7.11 Å². The molecule has 7 heteroatoms. The van der Waals surface area contributed by atoms with Crippen LogP contribution in [0.15, 0.2) is 60.8 Å². The summed E-state index contributed by atoms with van der Waals surface area (Å²) in [6.45, 7) is 0. The van der Waals surface area contributed by atoms with E-state index >= 15 is 0 Å². The number of esters is 1. The summed E-state index contributed by atoms with van der Waals surface area (Å²) in [5.74, 6) is -1.19. The molecule has 3 rings (SSSR count). The van der Waals surface area contributed by atoms with Gasteiger partial charge in [-0.25, -0.2) is 9.78 Å². The van der Waals surface area contributed by atoms with Gasteiger partial charge in [0.2, 0.25) is 11.7 Å². The standard InChI is InChI=1S/C19H17N3O4/c1-26-19(24)15(11-13-7-3-2-4-8-13)21-18(23)16-12-22(25)17-10-6-5-9-14(17)20-16/h2-10,12,15H,11H2,1H3,(H,21,23)/t15-/m0/s1. The number of ether oxygens (including phenoxy) is 1. The van der Waals surface area contributed by atoms with Gasteiger partial charge in [0.05, 0.1) is 7.11 Å². The minimum absolute atomic E-state index is 0.0688. The Balaban J connectivity index is 1.84. The number of carbonyl (C=O) groups is 2. The van der Waals surface area contributed by atoms with Gasteiger partial charge in [-0.2, -0.15) is 4.73 Å². The van der Waals surface area contributed by atoms with E-state index in [2.05, 4.69) is 10.3 Å².